The van der Waals surface area contributed by atoms with E-state index >= 15 is 0 Å². The summed E-state index contributed by atoms with van der Waals surface area (Å²) in [6.07, 6.45) is 4.22. The fraction of sp³-hybridized carbons (Fsp3) is 0.529. The van der Waals surface area contributed by atoms with Gasteiger partial charge in [0.1, 0.15) is 0 Å². The van der Waals surface area contributed by atoms with Gasteiger partial charge in [-0.25, -0.2) is 4.79 Å². The predicted octanol–water partition coefficient (Wildman–Crippen LogP) is 2.25. The van der Waals surface area contributed by atoms with Crippen molar-refractivity contribution in [1.29, 1.82) is 0 Å². The average molecular weight is 305 g/mol. The Morgan fingerprint density at radius 1 is 1.27 bits per heavy atom. The van der Waals surface area contributed by atoms with Gasteiger partial charge in [-0.3, -0.25) is 4.79 Å². The van der Waals surface area contributed by atoms with E-state index in [1.54, 1.807) is 18.2 Å². The molecule has 1 saturated heterocycles. The summed E-state index contributed by atoms with van der Waals surface area (Å²) in [6, 6.07) is 6.82. The number of carbonyl (C=O) groups is 2. The van der Waals surface area contributed by atoms with E-state index < -0.39 is 5.97 Å². The molecular weight excluding hydrogens is 282 g/mol. The van der Waals surface area contributed by atoms with Gasteiger partial charge < -0.3 is 15.2 Å². The quantitative estimate of drug-likeness (QED) is 0.810. The van der Waals surface area contributed by atoms with Crippen LogP contribution in [0.2, 0.25) is 0 Å². The summed E-state index contributed by atoms with van der Waals surface area (Å²) in [7, 11) is 0. The lowest BCUT2D eigenvalue weighted by atomic mass is 9.95. The molecule has 0 radical (unpaired) electrons. The van der Waals surface area contributed by atoms with Gasteiger partial charge in [-0.15, -0.1) is 0 Å². The molecule has 1 aromatic rings. The molecule has 5 nitrogen and oxygen atoms in total. The molecule has 1 aliphatic rings. The zero-order valence-electron chi connectivity index (χ0n) is 12.7. The third-order valence-electron chi connectivity index (χ3n) is 4.03. The number of ether oxygens (including phenoxy) is 1. The fourth-order valence-corrected chi connectivity index (χ4v) is 2.66. The van der Waals surface area contributed by atoms with Crippen LogP contribution in [0.25, 0.3) is 0 Å². The van der Waals surface area contributed by atoms with Crippen LogP contribution in [-0.2, 0) is 16.0 Å². The van der Waals surface area contributed by atoms with Crippen LogP contribution in [0.3, 0.4) is 0 Å². The number of carboxylic acids is 1. The minimum atomic E-state index is -0.928. The van der Waals surface area contributed by atoms with Gasteiger partial charge in [-0.2, -0.15) is 0 Å². The van der Waals surface area contributed by atoms with Crippen molar-refractivity contribution in [2.24, 2.45) is 5.92 Å². The lowest BCUT2D eigenvalue weighted by Crippen LogP contribution is -2.26. The number of carboxylic acid groups (broad SMARTS) is 1. The molecule has 120 valence electrons. The summed E-state index contributed by atoms with van der Waals surface area (Å²) in [5, 5.41) is 11.8. The van der Waals surface area contributed by atoms with Crippen molar-refractivity contribution in [3.05, 3.63) is 35.4 Å². The van der Waals surface area contributed by atoms with Gasteiger partial charge in [0.15, 0.2) is 0 Å². The molecule has 1 aromatic carbocycles. The number of benzene rings is 1. The highest BCUT2D eigenvalue weighted by Gasteiger charge is 2.15. The van der Waals surface area contributed by atoms with Gasteiger partial charge >= 0.3 is 5.97 Å². The maximum Gasteiger partial charge on any atom is 0.335 e. The van der Waals surface area contributed by atoms with Crippen LogP contribution in [0, 0.1) is 5.92 Å². The molecule has 1 heterocycles. The molecule has 0 unspecified atom stereocenters. The summed E-state index contributed by atoms with van der Waals surface area (Å²) in [5.41, 5.74) is 1.20. The first-order valence-electron chi connectivity index (χ1n) is 7.82. The van der Waals surface area contributed by atoms with Gasteiger partial charge in [0.05, 0.1) is 5.56 Å². The highest BCUT2D eigenvalue weighted by atomic mass is 16.5. The number of nitrogens with one attached hydrogen (secondary N) is 1. The van der Waals surface area contributed by atoms with E-state index in [0.717, 1.165) is 38.0 Å². The minimum Gasteiger partial charge on any atom is -0.478 e. The average Bonchev–Trinajstić information content (AvgIpc) is 2.54. The van der Waals surface area contributed by atoms with Crippen LogP contribution >= 0.6 is 0 Å². The molecule has 2 rings (SSSR count). The second-order valence-corrected chi connectivity index (χ2v) is 5.70. The topological polar surface area (TPSA) is 75.6 Å². The third-order valence-corrected chi connectivity index (χ3v) is 4.03. The van der Waals surface area contributed by atoms with Crippen LogP contribution in [0.1, 0.15) is 41.6 Å². The Hall–Kier alpha value is -1.88. The minimum absolute atomic E-state index is 0.0703. The van der Waals surface area contributed by atoms with E-state index in [-0.39, 0.29) is 11.5 Å². The van der Waals surface area contributed by atoms with Gasteiger partial charge in [0.25, 0.3) is 0 Å². The van der Waals surface area contributed by atoms with E-state index in [0.29, 0.717) is 25.3 Å². The third kappa shape index (κ3) is 5.48. The molecule has 1 aliphatic heterocycles. The molecule has 22 heavy (non-hydrogen) atoms. The Morgan fingerprint density at radius 2 is 2.05 bits per heavy atom. The largest absolute Gasteiger partial charge is 0.478 e. The lowest BCUT2D eigenvalue weighted by molar-refractivity contribution is -0.121. The van der Waals surface area contributed by atoms with Crippen LogP contribution in [0.15, 0.2) is 24.3 Å². The normalized spacial score (nSPS) is 15.5. The first-order valence-corrected chi connectivity index (χ1v) is 7.82. The molecular formula is C17H23NO4. The number of rotatable bonds is 7. The summed E-state index contributed by atoms with van der Waals surface area (Å²) in [6.45, 7) is 2.16. The smallest absolute Gasteiger partial charge is 0.335 e. The van der Waals surface area contributed by atoms with Crippen molar-refractivity contribution in [3.8, 4) is 0 Å². The predicted molar refractivity (Wildman–Crippen MR) is 82.9 cm³/mol. The molecule has 0 atom stereocenters. The molecule has 1 fully saturated rings. The molecule has 0 saturated carbocycles. The van der Waals surface area contributed by atoms with Gasteiger partial charge in [0, 0.05) is 26.2 Å². The molecule has 5 heteroatoms. The Labute approximate surface area is 130 Å². The number of amides is 1. The first-order chi connectivity index (χ1) is 10.6. The summed E-state index contributed by atoms with van der Waals surface area (Å²) in [4.78, 5) is 22.7. The number of carbonyl (C=O) groups excluding carboxylic acids is 1. The maximum absolute atomic E-state index is 11.8. The summed E-state index contributed by atoms with van der Waals surface area (Å²) >= 11 is 0. The zero-order chi connectivity index (χ0) is 15.8. The van der Waals surface area contributed by atoms with Crippen molar-refractivity contribution < 1.29 is 19.4 Å². The van der Waals surface area contributed by atoms with Crippen molar-refractivity contribution >= 4 is 11.9 Å². The van der Waals surface area contributed by atoms with Crippen LogP contribution in [0.4, 0.5) is 0 Å². The van der Waals surface area contributed by atoms with Gasteiger partial charge in [-0.05, 0) is 49.3 Å². The van der Waals surface area contributed by atoms with E-state index in [2.05, 4.69) is 5.32 Å². The fourth-order valence-electron chi connectivity index (χ4n) is 2.66. The van der Waals surface area contributed by atoms with Crippen molar-refractivity contribution in [2.75, 3.05) is 19.8 Å². The number of aromatic carboxylic acids is 1. The molecule has 0 aromatic heterocycles. The first kappa shape index (κ1) is 16.5. The Balaban J connectivity index is 1.66. The van der Waals surface area contributed by atoms with Crippen LogP contribution < -0.4 is 5.32 Å². The van der Waals surface area contributed by atoms with E-state index in [4.69, 9.17) is 9.84 Å². The highest BCUT2D eigenvalue weighted by molar-refractivity contribution is 5.87. The zero-order valence-corrected chi connectivity index (χ0v) is 12.7. The second-order valence-electron chi connectivity index (χ2n) is 5.70. The van der Waals surface area contributed by atoms with E-state index in [9.17, 15) is 9.59 Å². The Morgan fingerprint density at radius 3 is 2.77 bits per heavy atom. The SMILES string of the molecule is O=C(CCC1CCOCC1)NCCc1cccc(C(=O)O)c1. The summed E-state index contributed by atoms with van der Waals surface area (Å²) in [5.74, 6) is -0.255. The van der Waals surface area contributed by atoms with E-state index in [1.165, 1.54) is 0 Å². The standard InChI is InChI=1S/C17H23NO4/c19-16(5-4-13-7-10-22-11-8-13)18-9-6-14-2-1-3-15(12-14)17(20)21/h1-3,12-13H,4-11H2,(H,18,19)(H,20,21). The maximum atomic E-state index is 11.8. The molecule has 0 bridgehead atoms. The molecule has 0 spiro atoms. The lowest BCUT2D eigenvalue weighted by Gasteiger charge is -2.21. The second kappa shape index (κ2) is 8.54. The van der Waals surface area contributed by atoms with E-state index in [1.807, 2.05) is 6.07 Å². The molecule has 2 N–H and O–H groups in total. The number of hydrogen-bond acceptors (Lipinski definition) is 3. The van der Waals surface area contributed by atoms with Crippen LogP contribution in [0.5, 0.6) is 0 Å². The highest BCUT2D eigenvalue weighted by Crippen LogP contribution is 2.19. The summed E-state index contributed by atoms with van der Waals surface area (Å²) < 4.78 is 5.30. The van der Waals surface area contributed by atoms with Crippen molar-refractivity contribution in [2.45, 2.75) is 32.1 Å². The van der Waals surface area contributed by atoms with Crippen molar-refractivity contribution in [3.63, 3.8) is 0 Å². The van der Waals surface area contributed by atoms with Crippen LogP contribution in [-0.4, -0.2) is 36.7 Å². The Bertz CT molecular complexity index is 509. The number of hydrogen-bond donors (Lipinski definition) is 2. The van der Waals surface area contributed by atoms with Gasteiger partial charge in [-0.1, -0.05) is 12.1 Å². The Kier molecular flexibility index (Phi) is 6.40. The molecule has 0 aliphatic carbocycles. The van der Waals surface area contributed by atoms with Crippen molar-refractivity contribution in [1.82, 2.24) is 5.32 Å². The monoisotopic (exact) mass is 305 g/mol. The molecule has 1 amide bonds. The van der Waals surface area contributed by atoms with Gasteiger partial charge in [0.2, 0.25) is 5.91 Å².